The Morgan fingerprint density at radius 1 is 1.24 bits per heavy atom. The van der Waals surface area contributed by atoms with Crippen LogP contribution in [0.4, 0.5) is 17.5 Å². The molecule has 0 fully saturated rings. The first-order chi connectivity index (χ1) is 8.13. The topological polar surface area (TPSA) is 117 Å². The smallest absolute Gasteiger partial charge is 0.254 e. The highest BCUT2D eigenvalue weighted by Crippen LogP contribution is 2.18. The van der Waals surface area contributed by atoms with Crippen LogP contribution in [0, 0.1) is 0 Å². The molecule has 0 spiro atoms. The molecule has 7 nitrogen and oxygen atoms in total. The molecule has 0 aliphatic carbocycles. The molecule has 0 saturated heterocycles. The highest BCUT2D eigenvalue weighted by molar-refractivity contribution is 5.41. The Kier molecular flexibility index (Phi) is 2.82. The second kappa shape index (κ2) is 4.44. The van der Waals surface area contributed by atoms with Gasteiger partial charge in [0.2, 0.25) is 5.95 Å². The van der Waals surface area contributed by atoms with Crippen molar-refractivity contribution in [2.24, 2.45) is 10.2 Å². The van der Waals surface area contributed by atoms with E-state index >= 15 is 0 Å². The summed E-state index contributed by atoms with van der Waals surface area (Å²) in [5, 5.41) is 16.7. The Labute approximate surface area is 95.7 Å². The minimum atomic E-state index is -0.392. The highest BCUT2D eigenvalue weighted by Gasteiger charge is 1.96. The molecule has 7 heteroatoms. The zero-order valence-corrected chi connectivity index (χ0v) is 8.66. The number of aromatic hydroxyl groups is 1. The number of aromatic amines is 1. The Morgan fingerprint density at radius 2 is 1.94 bits per heavy atom. The van der Waals surface area contributed by atoms with Crippen molar-refractivity contribution in [2.75, 3.05) is 5.73 Å². The summed E-state index contributed by atoms with van der Waals surface area (Å²) in [4.78, 5) is 17.1. The van der Waals surface area contributed by atoms with E-state index in [9.17, 15) is 4.79 Å². The molecule has 0 unspecified atom stereocenters. The van der Waals surface area contributed by atoms with Gasteiger partial charge in [0.05, 0.1) is 11.8 Å². The molecule has 1 aromatic heterocycles. The Morgan fingerprint density at radius 3 is 2.59 bits per heavy atom. The van der Waals surface area contributed by atoms with Crippen molar-refractivity contribution in [3.05, 3.63) is 40.7 Å². The van der Waals surface area contributed by atoms with Crippen LogP contribution >= 0.6 is 0 Å². The number of nitrogen functional groups attached to an aromatic ring is 1. The van der Waals surface area contributed by atoms with Gasteiger partial charge in [-0.05, 0) is 24.3 Å². The van der Waals surface area contributed by atoms with Crippen LogP contribution in [0.2, 0.25) is 0 Å². The van der Waals surface area contributed by atoms with E-state index in [1.165, 1.54) is 18.2 Å². The van der Waals surface area contributed by atoms with Crippen LogP contribution in [-0.4, -0.2) is 15.1 Å². The van der Waals surface area contributed by atoms with Crippen molar-refractivity contribution in [1.29, 1.82) is 0 Å². The van der Waals surface area contributed by atoms with Gasteiger partial charge < -0.3 is 10.8 Å². The van der Waals surface area contributed by atoms with Crippen LogP contribution in [0.5, 0.6) is 5.75 Å². The van der Waals surface area contributed by atoms with Crippen molar-refractivity contribution in [1.82, 2.24) is 9.97 Å². The van der Waals surface area contributed by atoms with E-state index in [0.717, 1.165) is 0 Å². The molecule has 4 N–H and O–H groups in total. The molecule has 1 heterocycles. The van der Waals surface area contributed by atoms with Crippen LogP contribution in [0.3, 0.4) is 0 Å². The number of benzene rings is 1. The number of nitrogens with one attached hydrogen (secondary N) is 1. The monoisotopic (exact) mass is 231 g/mol. The van der Waals surface area contributed by atoms with Crippen LogP contribution < -0.4 is 11.3 Å². The highest BCUT2D eigenvalue weighted by atomic mass is 16.3. The van der Waals surface area contributed by atoms with Crippen LogP contribution in [0.15, 0.2) is 45.4 Å². The molecular weight excluding hydrogens is 222 g/mol. The number of phenolic OH excluding ortho intramolecular Hbond substituents is 1. The number of phenols is 1. The molecule has 2 aromatic rings. The second-order valence-electron chi connectivity index (χ2n) is 3.21. The number of anilines is 1. The van der Waals surface area contributed by atoms with E-state index in [4.69, 9.17) is 10.8 Å². The van der Waals surface area contributed by atoms with E-state index in [1.54, 1.807) is 12.1 Å². The fraction of sp³-hybridized carbons (Fsp3) is 0. The van der Waals surface area contributed by atoms with E-state index in [-0.39, 0.29) is 17.5 Å². The van der Waals surface area contributed by atoms with Gasteiger partial charge in [0.1, 0.15) is 5.75 Å². The van der Waals surface area contributed by atoms with E-state index in [0.29, 0.717) is 5.69 Å². The predicted molar refractivity (Wildman–Crippen MR) is 61.6 cm³/mol. The minimum Gasteiger partial charge on any atom is -0.508 e. The quantitative estimate of drug-likeness (QED) is 0.678. The molecule has 2 rings (SSSR count). The summed E-state index contributed by atoms with van der Waals surface area (Å²) in [6, 6.07) is 7.30. The van der Waals surface area contributed by atoms with Gasteiger partial charge in [-0.1, -0.05) is 0 Å². The molecule has 0 aliphatic rings. The lowest BCUT2D eigenvalue weighted by atomic mass is 10.3. The fourth-order valence-electron chi connectivity index (χ4n) is 1.14. The van der Waals surface area contributed by atoms with Gasteiger partial charge in [0.25, 0.3) is 5.56 Å². The van der Waals surface area contributed by atoms with E-state index < -0.39 is 5.56 Å². The van der Waals surface area contributed by atoms with Gasteiger partial charge in [-0.25, -0.2) is 0 Å². The van der Waals surface area contributed by atoms with Crippen molar-refractivity contribution in [3.63, 3.8) is 0 Å². The molecule has 0 radical (unpaired) electrons. The number of hydrogen-bond donors (Lipinski definition) is 3. The lowest BCUT2D eigenvalue weighted by molar-refractivity contribution is 0.475. The SMILES string of the molecule is Nc1nc(N=Nc2ccc(O)cc2)cc(=O)[nH]1. The molecule has 0 saturated carbocycles. The van der Waals surface area contributed by atoms with Crippen molar-refractivity contribution in [3.8, 4) is 5.75 Å². The number of azo groups is 1. The number of nitrogens with two attached hydrogens (primary N) is 1. The summed E-state index contributed by atoms with van der Waals surface area (Å²) >= 11 is 0. The maximum Gasteiger partial charge on any atom is 0.254 e. The summed E-state index contributed by atoms with van der Waals surface area (Å²) < 4.78 is 0. The van der Waals surface area contributed by atoms with Gasteiger partial charge >= 0.3 is 0 Å². The van der Waals surface area contributed by atoms with Crippen LogP contribution in [-0.2, 0) is 0 Å². The molecule has 1 aromatic carbocycles. The van der Waals surface area contributed by atoms with Crippen molar-refractivity contribution in [2.45, 2.75) is 0 Å². The fourth-order valence-corrected chi connectivity index (χ4v) is 1.14. The molecule has 86 valence electrons. The molecule has 0 bridgehead atoms. The first kappa shape index (κ1) is 10.8. The van der Waals surface area contributed by atoms with Crippen molar-refractivity contribution >= 4 is 17.5 Å². The van der Waals surface area contributed by atoms with Gasteiger partial charge in [0.15, 0.2) is 5.82 Å². The molecule has 17 heavy (non-hydrogen) atoms. The summed E-state index contributed by atoms with van der Waals surface area (Å²) in [5.41, 5.74) is 5.49. The molecular formula is C10H9N5O2. The number of rotatable bonds is 2. The summed E-state index contributed by atoms with van der Waals surface area (Å²) in [7, 11) is 0. The Bertz CT molecular complexity index is 603. The third-order valence-corrected chi connectivity index (χ3v) is 1.86. The standard InChI is InChI=1S/C10H9N5O2/c11-10-12-8(5-9(17)13-10)15-14-6-1-3-7(16)4-2-6/h1-5,16H,(H3,11,12,13,17). The van der Waals surface area contributed by atoms with Gasteiger partial charge in [0, 0.05) is 0 Å². The number of aromatic nitrogens is 2. The molecule has 0 atom stereocenters. The first-order valence-electron chi connectivity index (χ1n) is 4.71. The van der Waals surface area contributed by atoms with Crippen LogP contribution in [0.25, 0.3) is 0 Å². The lowest BCUT2D eigenvalue weighted by Crippen LogP contribution is -2.08. The minimum absolute atomic E-state index is 0.0165. The summed E-state index contributed by atoms with van der Waals surface area (Å²) in [6.45, 7) is 0. The largest absolute Gasteiger partial charge is 0.508 e. The van der Waals surface area contributed by atoms with Crippen molar-refractivity contribution < 1.29 is 5.11 Å². The normalized spacial score (nSPS) is 10.8. The number of H-pyrrole nitrogens is 1. The Balaban J connectivity index is 2.25. The maximum absolute atomic E-state index is 11.1. The summed E-state index contributed by atoms with van der Waals surface area (Å²) in [5.74, 6) is 0.249. The van der Waals surface area contributed by atoms with Gasteiger partial charge in [-0.15, -0.1) is 10.2 Å². The van der Waals surface area contributed by atoms with E-state index in [1.807, 2.05) is 0 Å². The van der Waals surface area contributed by atoms with Gasteiger partial charge in [-0.3, -0.25) is 9.78 Å². The molecule has 0 aliphatic heterocycles. The second-order valence-corrected chi connectivity index (χ2v) is 3.21. The average molecular weight is 231 g/mol. The third-order valence-electron chi connectivity index (χ3n) is 1.86. The average Bonchev–Trinajstić information content (AvgIpc) is 2.27. The van der Waals surface area contributed by atoms with E-state index in [2.05, 4.69) is 20.2 Å². The number of hydrogen-bond acceptors (Lipinski definition) is 6. The first-order valence-corrected chi connectivity index (χ1v) is 4.71. The van der Waals surface area contributed by atoms with Crippen LogP contribution in [0.1, 0.15) is 0 Å². The van der Waals surface area contributed by atoms with Gasteiger partial charge in [-0.2, -0.15) is 4.98 Å². The zero-order valence-electron chi connectivity index (χ0n) is 8.66. The number of nitrogens with zero attached hydrogens (tertiary/aromatic N) is 3. The predicted octanol–water partition coefficient (Wildman–Crippen LogP) is 1.47. The zero-order chi connectivity index (χ0) is 12.3. The maximum atomic E-state index is 11.1. The summed E-state index contributed by atoms with van der Waals surface area (Å²) in [6.07, 6.45) is 0. The third kappa shape index (κ3) is 2.88. The lowest BCUT2D eigenvalue weighted by Gasteiger charge is -1.94. The Hall–Kier alpha value is -2.70. The molecule has 0 amide bonds.